The lowest BCUT2D eigenvalue weighted by Gasteiger charge is -2.45. The van der Waals surface area contributed by atoms with E-state index in [1.807, 2.05) is 0 Å². The van der Waals surface area contributed by atoms with Crippen molar-refractivity contribution in [3.05, 3.63) is 0 Å². The minimum absolute atomic E-state index is 0.170. The summed E-state index contributed by atoms with van der Waals surface area (Å²) in [6.45, 7) is 10.9. The van der Waals surface area contributed by atoms with Crippen LogP contribution < -0.4 is 0 Å². The van der Waals surface area contributed by atoms with E-state index < -0.39 is 46.3 Å². The fraction of sp³-hybridized carbons (Fsp3) is 0.941. The number of hydrogen-bond donors (Lipinski definition) is 1. The van der Waals surface area contributed by atoms with Crippen LogP contribution in [0.3, 0.4) is 0 Å². The van der Waals surface area contributed by atoms with Gasteiger partial charge in [-0.05, 0) is 38.5 Å². The van der Waals surface area contributed by atoms with E-state index in [1.54, 1.807) is 34.6 Å². The normalized spacial score (nSPS) is 17.2. The van der Waals surface area contributed by atoms with Crippen LogP contribution in [0.25, 0.3) is 0 Å². The Morgan fingerprint density at radius 3 is 1.46 bits per heavy atom. The lowest BCUT2D eigenvalue weighted by molar-refractivity contribution is -0.408. The molecule has 26 heavy (non-hydrogen) atoms. The van der Waals surface area contributed by atoms with Crippen molar-refractivity contribution in [2.45, 2.75) is 85.4 Å². The second-order valence-corrected chi connectivity index (χ2v) is 8.92. The summed E-state index contributed by atoms with van der Waals surface area (Å²) in [5.74, 6) is -1.64. The largest absolute Gasteiger partial charge is 0.455 e. The highest BCUT2D eigenvalue weighted by atomic mass is 19.4. The Morgan fingerprint density at radius 1 is 0.885 bits per heavy atom. The van der Waals surface area contributed by atoms with E-state index >= 15 is 0 Å². The molecule has 0 radical (unpaired) electrons. The summed E-state index contributed by atoms with van der Waals surface area (Å²) in [5.41, 5.74) is -10.3. The van der Waals surface area contributed by atoms with Gasteiger partial charge < -0.3 is 9.84 Å². The van der Waals surface area contributed by atoms with Crippen LogP contribution in [0.1, 0.15) is 61.8 Å². The number of aliphatic hydroxyl groups is 1. The van der Waals surface area contributed by atoms with Gasteiger partial charge in [0.1, 0.15) is 0 Å². The Hall–Kier alpha value is -0.990. The van der Waals surface area contributed by atoms with Crippen LogP contribution in [0.15, 0.2) is 0 Å². The fourth-order valence-corrected chi connectivity index (χ4v) is 2.88. The van der Waals surface area contributed by atoms with Gasteiger partial charge in [0.2, 0.25) is 0 Å². The van der Waals surface area contributed by atoms with Crippen molar-refractivity contribution in [3.63, 3.8) is 0 Å². The third kappa shape index (κ3) is 4.64. The van der Waals surface area contributed by atoms with Crippen LogP contribution >= 0.6 is 0 Å². The fourth-order valence-electron chi connectivity index (χ4n) is 2.88. The van der Waals surface area contributed by atoms with E-state index in [0.717, 1.165) is 0 Å². The molecule has 0 aliphatic heterocycles. The smallest absolute Gasteiger partial charge is 0.430 e. The van der Waals surface area contributed by atoms with Gasteiger partial charge in [0, 0.05) is 0 Å². The average molecular weight is 394 g/mol. The van der Waals surface area contributed by atoms with Crippen molar-refractivity contribution in [2.24, 2.45) is 16.7 Å². The molecule has 156 valence electrons. The average Bonchev–Trinajstić information content (AvgIpc) is 2.31. The van der Waals surface area contributed by atoms with Gasteiger partial charge in [-0.2, -0.15) is 26.3 Å². The zero-order valence-corrected chi connectivity index (χ0v) is 16.3. The van der Waals surface area contributed by atoms with Crippen LogP contribution in [0.2, 0.25) is 0 Å². The van der Waals surface area contributed by atoms with Crippen LogP contribution in [0, 0.1) is 16.7 Å². The molecule has 9 heteroatoms. The molecule has 0 aliphatic rings. The molecule has 0 aliphatic carbocycles. The van der Waals surface area contributed by atoms with Gasteiger partial charge in [-0.15, -0.1) is 0 Å². The van der Waals surface area contributed by atoms with Crippen LogP contribution in [-0.4, -0.2) is 34.6 Å². The molecular weight excluding hydrogens is 366 g/mol. The monoisotopic (exact) mass is 394 g/mol. The molecule has 1 atom stereocenters. The first kappa shape index (κ1) is 25.0. The van der Waals surface area contributed by atoms with Gasteiger partial charge in [-0.1, -0.05) is 34.6 Å². The molecule has 1 N–H and O–H groups in total. The van der Waals surface area contributed by atoms with Crippen molar-refractivity contribution in [3.8, 4) is 0 Å². The molecule has 0 aromatic heterocycles. The molecular formula is C17H28F6O3. The number of alkyl halides is 6. The highest BCUT2D eigenvalue weighted by Gasteiger charge is 2.79. The van der Waals surface area contributed by atoms with Crippen LogP contribution in [0.5, 0.6) is 0 Å². The van der Waals surface area contributed by atoms with Crippen molar-refractivity contribution < 1.29 is 41.0 Å². The maximum atomic E-state index is 13.1. The standard InChI is InChI=1S/C17H28F6O3/c1-10(2)14(8,9-12(3,4)5)11(24)26-13(6,7)15(25,16(18,19)20)17(21,22)23/h10,25H,9H2,1-8H3. The van der Waals surface area contributed by atoms with E-state index in [-0.39, 0.29) is 6.42 Å². The van der Waals surface area contributed by atoms with E-state index in [0.29, 0.717) is 13.8 Å². The predicted molar refractivity (Wildman–Crippen MR) is 84.2 cm³/mol. The third-order valence-electron chi connectivity index (χ3n) is 4.68. The molecule has 0 amide bonds. The molecule has 0 aromatic carbocycles. The molecule has 0 heterocycles. The highest BCUT2D eigenvalue weighted by molar-refractivity contribution is 5.77. The van der Waals surface area contributed by atoms with Crippen LogP contribution in [0.4, 0.5) is 26.3 Å². The van der Waals surface area contributed by atoms with Crippen molar-refractivity contribution >= 4 is 5.97 Å². The number of halogens is 6. The van der Waals surface area contributed by atoms with Crippen molar-refractivity contribution in [1.82, 2.24) is 0 Å². The SMILES string of the molecule is CC(C)C(C)(CC(C)(C)C)C(=O)OC(C)(C)C(O)(C(F)(F)F)C(F)(F)F. The van der Waals surface area contributed by atoms with Gasteiger partial charge in [0.25, 0.3) is 5.60 Å². The first-order valence-electron chi connectivity index (χ1n) is 8.12. The molecule has 0 saturated carbocycles. The Labute approximate surface area is 150 Å². The van der Waals surface area contributed by atoms with E-state index in [1.165, 1.54) is 6.92 Å². The summed E-state index contributed by atoms with van der Waals surface area (Å²) in [6.07, 6.45) is -12.0. The second-order valence-electron chi connectivity index (χ2n) is 8.92. The number of esters is 1. The summed E-state index contributed by atoms with van der Waals surface area (Å²) < 4.78 is 83.4. The molecule has 0 saturated heterocycles. The molecule has 0 fully saturated rings. The molecule has 0 spiro atoms. The lowest BCUT2D eigenvalue weighted by atomic mass is 9.68. The van der Waals surface area contributed by atoms with Crippen molar-refractivity contribution in [1.29, 1.82) is 0 Å². The second kappa shape index (κ2) is 6.87. The predicted octanol–water partition coefficient (Wildman–Crippen LogP) is 5.26. The lowest BCUT2D eigenvalue weighted by Crippen LogP contribution is -2.70. The van der Waals surface area contributed by atoms with E-state index in [9.17, 15) is 36.2 Å². The zero-order chi connectivity index (χ0) is 21.6. The van der Waals surface area contributed by atoms with Crippen LogP contribution in [-0.2, 0) is 9.53 Å². The highest BCUT2D eigenvalue weighted by Crippen LogP contribution is 2.51. The number of rotatable bonds is 5. The van der Waals surface area contributed by atoms with Gasteiger partial charge in [0.05, 0.1) is 5.41 Å². The topological polar surface area (TPSA) is 46.5 Å². The van der Waals surface area contributed by atoms with Crippen molar-refractivity contribution in [2.75, 3.05) is 0 Å². The third-order valence-corrected chi connectivity index (χ3v) is 4.68. The Morgan fingerprint density at radius 2 is 1.23 bits per heavy atom. The first-order chi connectivity index (χ1) is 11.0. The maximum Gasteiger partial charge on any atom is 0.430 e. The molecule has 0 rings (SSSR count). The quantitative estimate of drug-likeness (QED) is 0.511. The Kier molecular flexibility index (Phi) is 6.61. The number of ether oxygens (including phenoxy) is 1. The Balaban J connectivity index is 6.08. The van der Waals surface area contributed by atoms with Gasteiger partial charge >= 0.3 is 18.3 Å². The summed E-state index contributed by atoms with van der Waals surface area (Å²) in [7, 11) is 0. The molecule has 3 nitrogen and oxygen atoms in total. The molecule has 0 bridgehead atoms. The maximum absolute atomic E-state index is 13.1. The van der Waals surface area contributed by atoms with Gasteiger partial charge in [0.15, 0.2) is 5.60 Å². The Bertz CT molecular complexity index is 500. The van der Waals surface area contributed by atoms with E-state index in [2.05, 4.69) is 0 Å². The minimum atomic E-state index is -6.09. The summed E-state index contributed by atoms with van der Waals surface area (Å²) in [4.78, 5) is 12.6. The molecule has 0 aromatic rings. The zero-order valence-electron chi connectivity index (χ0n) is 16.3. The number of hydrogen-bond acceptors (Lipinski definition) is 3. The minimum Gasteiger partial charge on any atom is -0.455 e. The first-order valence-corrected chi connectivity index (χ1v) is 8.12. The number of carbonyl (C=O) groups is 1. The summed E-state index contributed by atoms with van der Waals surface area (Å²) in [6, 6.07) is 0. The van der Waals surface area contributed by atoms with Gasteiger partial charge in [-0.25, -0.2) is 0 Å². The van der Waals surface area contributed by atoms with Gasteiger partial charge in [-0.3, -0.25) is 4.79 Å². The molecule has 1 unspecified atom stereocenters. The summed E-state index contributed by atoms with van der Waals surface area (Å²) in [5, 5.41) is 9.57. The summed E-state index contributed by atoms with van der Waals surface area (Å²) >= 11 is 0. The van der Waals surface area contributed by atoms with E-state index in [4.69, 9.17) is 4.74 Å². The number of carbonyl (C=O) groups excluding carboxylic acids is 1.